The molecule has 20 heavy (non-hydrogen) atoms. The Balaban J connectivity index is 2.01. The van der Waals surface area contributed by atoms with Gasteiger partial charge in [-0.3, -0.25) is 9.80 Å². The maximum Gasteiger partial charge on any atom is 0.0628 e. The minimum Gasteiger partial charge on any atom is -0.314 e. The second-order valence-corrected chi connectivity index (χ2v) is 6.56. The summed E-state index contributed by atoms with van der Waals surface area (Å²) >= 11 is 0. The molecule has 2 atom stereocenters. The summed E-state index contributed by atoms with van der Waals surface area (Å²) in [5.74, 6) is 0. The highest BCUT2D eigenvalue weighted by Crippen LogP contribution is 2.21. The molecule has 0 aromatic rings. The van der Waals surface area contributed by atoms with E-state index in [4.69, 9.17) is 0 Å². The molecule has 0 bridgehead atoms. The van der Waals surface area contributed by atoms with Crippen molar-refractivity contribution < 1.29 is 0 Å². The SMILES string of the molecule is CCCCCC(N1CCNCC1C)N1CCNCC1C. The molecule has 2 saturated heterocycles. The van der Waals surface area contributed by atoms with E-state index < -0.39 is 0 Å². The second kappa shape index (κ2) is 8.32. The lowest BCUT2D eigenvalue weighted by Gasteiger charge is -2.48. The first-order chi connectivity index (χ1) is 9.74. The van der Waals surface area contributed by atoms with Crippen LogP contribution in [-0.2, 0) is 0 Å². The topological polar surface area (TPSA) is 30.5 Å². The van der Waals surface area contributed by atoms with Crippen LogP contribution in [0.2, 0.25) is 0 Å². The van der Waals surface area contributed by atoms with Crippen LogP contribution in [0.5, 0.6) is 0 Å². The molecule has 0 aromatic carbocycles. The van der Waals surface area contributed by atoms with Crippen molar-refractivity contribution in [2.24, 2.45) is 0 Å². The Hall–Kier alpha value is -0.160. The number of piperazine rings is 2. The molecule has 2 unspecified atom stereocenters. The molecule has 118 valence electrons. The summed E-state index contributed by atoms with van der Waals surface area (Å²) in [5.41, 5.74) is 0. The van der Waals surface area contributed by atoms with E-state index in [1.54, 1.807) is 0 Å². The first-order valence-corrected chi connectivity index (χ1v) is 8.67. The van der Waals surface area contributed by atoms with Crippen LogP contribution in [0.4, 0.5) is 0 Å². The number of rotatable bonds is 6. The van der Waals surface area contributed by atoms with Crippen LogP contribution in [0, 0.1) is 0 Å². The van der Waals surface area contributed by atoms with E-state index >= 15 is 0 Å². The lowest BCUT2D eigenvalue weighted by molar-refractivity contribution is -0.0289. The molecule has 0 radical (unpaired) electrons. The van der Waals surface area contributed by atoms with Crippen molar-refractivity contribution >= 4 is 0 Å². The number of hydrogen-bond donors (Lipinski definition) is 2. The van der Waals surface area contributed by atoms with Crippen LogP contribution in [0.15, 0.2) is 0 Å². The zero-order valence-electron chi connectivity index (χ0n) is 13.7. The van der Waals surface area contributed by atoms with E-state index in [9.17, 15) is 0 Å². The molecule has 2 aliphatic heterocycles. The fourth-order valence-electron chi connectivity index (χ4n) is 3.70. The van der Waals surface area contributed by atoms with Gasteiger partial charge in [-0.2, -0.15) is 0 Å². The highest BCUT2D eigenvalue weighted by atomic mass is 15.4. The second-order valence-electron chi connectivity index (χ2n) is 6.56. The van der Waals surface area contributed by atoms with Crippen LogP contribution in [0.25, 0.3) is 0 Å². The van der Waals surface area contributed by atoms with Crippen molar-refractivity contribution in [2.45, 2.75) is 64.7 Å². The van der Waals surface area contributed by atoms with Gasteiger partial charge in [-0.25, -0.2) is 0 Å². The first-order valence-electron chi connectivity index (χ1n) is 8.67. The van der Waals surface area contributed by atoms with Gasteiger partial charge in [0.2, 0.25) is 0 Å². The molecule has 2 N–H and O–H groups in total. The van der Waals surface area contributed by atoms with Gasteiger partial charge in [0.05, 0.1) is 6.17 Å². The van der Waals surface area contributed by atoms with Crippen LogP contribution in [0.1, 0.15) is 46.5 Å². The van der Waals surface area contributed by atoms with Crippen molar-refractivity contribution in [1.82, 2.24) is 20.4 Å². The summed E-state index contributed by atoms with van der Waals surface area (Å²) in [6, 6.07) is 1.33. The van der Waals surface area contributed by atoms with Crippen LogP contribution < -0.4 is 10.6 Å². The van der Waals surface area contributed by atoms with Crippen molar-refractivity contribution in [2.75, 3.05) is 39.3 Å². The van der Waals surface area contributed by atoms with Gasteiger partial charge in [-0.05, 0) is 20.3 Å². The molecule has 2 rings (SSSR count). The third kappa shape index (κ3) is 4.17. The van der Waals surface area contributed by atoms with E-state index in [0.29, 0.717) is 18.2 Å². The van der Waals surface area contributed by atoms with E-state index in [1.165, 1.54) is 38.8 Å². The van der Waals surface area contributed by atoms with Crippen molar-refractivity contribution in [3.63, 3.8) is 0 Å². The van der Waals surface area contributed by atoms with Gasteiger partial charge in [-0.1, -0.05) is 26.2 Å². The Labute approximate surface area is 125 Å². The molecule has 4 nitrogen and oxygen atoms in total. The lowest BCUT2D eigenvalue weighted by Crippen LogP contribution is -2.63. The molecule has 0 saturated carbocycles. The van der Waals surface area contributed by atoms with Gasteiger partial charge < -0.3 is 10.6 Å². The highest BCUT2D eigenvalue weighted by molar-refractivity contribution is 4.87. The number of unbranched alkanes of at least 4 members (excludes halogenated alkanes) is 2. The lowest BCUT2D eigenvalue weighted by atomic mass is 10.1. The summed E-state index contributed by atoms with van der Waals surface area (Å²) in [7, 11) is 0. The van der Waals surface area contributed by atoms with Gasteiger partial charge in [-0.15, -0.1) is 0 Å². The van der Waals surface area contributed by atoms with E-state index in [0.717, 1.165) is 26.2 Å². The highest BCUT2D eigenvalue weighted by Gasteiger charge is 2.33. The van der Waals surface area contributed by atoms with Gasteiger partial charge in [0, 0.05) is 51.4 Å². The standard InChI is InChI=1S/C16H34N4/c1-4-5-6-7-16(19-10-8-17-12-14(19)2)20-11-9-18-13-15(20)3/h14-18H,4-13H2,1-3H3. The molecular formula is C16H34N4. The zero-order chi connectivity index (χ0) is 14.4. The predicted molar refractivity (Wildman–Crippen MR) is 86.0 cm³/mol. The predicted octanol–water partition coefficient (Wildman–Crippen LogP) is 1.48. The molecule has 0 spiro atoms. The molecule has 0 amide bonds. The van der Waals surface area contributed by atoms with Crippen molar-refractivity contribution in [3.8, 4) is 0 Å². The summed E-state index contributed by atoms with van der Waals surface area (Å²) in [5, 5.41) is 7.06. The molecular weight excluding hydrogens is 248 g/mol. The fraction of sp³-hybridized carbons (Fsp3) is 1.00. The van der Waals surface area contributed by atoms with Crippen molar-refractivity contribution in [3.05, 3.63) is 0 Å². The third-order valence-electron chi connectivity index (χ3n) is 4.94. The van der Waals surface area contributed by atoms with Gasteiger partial charge in [0.1, 0.15) is 0 Å². The van der Waals surface area contributed by atoms with Gasteiger partial charge in [0.15, 0.2) is 0 Å². The number of hydrogen-bond acceptors (Lipinski definition) is 4. The summed E-state index contributed by atoms with van der Waals surface area (Å²) in [6.45, 7) is 14.1. The van der Waals surface area contributed by atoms with Crippen molar-refractivity contribution in [1.29, 1.82) is 0 Å². The molecule has 2 fully saturated rings. The van der Waals surface area contributed by atoms with Gasteiger partial charge >= 0.3 is 0 Å². The Morgan fingerprint density at radius 3 is 1.95 bits per heavy atom. The smallest absolute Gasteiger partial charge is 0.0628 e. The Bertz CT molecular complexity index is 249. The average Bonchev–Trinajstić information content (AvgIpc) is 2.46. The largest absolute Gasteiger partial charge is 0.314 e. The normalized spacial score (nSPS) is 31.4. The number of nitrogens with one attached hydrogen (secondary N) is 2. The van der Waals surface area contributed by atoms with Crippen LogP contribution in [0.3, 0.4) is 0 Å². The molecule has 2 heterocycles. The van der Waals surface area contributed by atoms with Crippen LogP contribution >= 0.6 is 0 Å². The van der Waals surface area contributed by atoms with Crippen LogP contribution in [-0.4, -0.2) is 67.3 Å². The number of nitrogens with zero attached hydrogens (tertiary/aromatic N) is 2. The Morgan fingerprint density at radius 2 is 1.50 bits per heavy atom. The summed E-state index contributed by atoms with van der Waals surface area (Å²) in [4.78, 5) is 5.52. The maximum absolute atomic E-state index is 3.53. The summed E-state index contributed by atoms with van der Waals surface area (Å²) < 4.78 is 0. The summed E-state index contributed by atoms with van der Waals surface area (Å²) in [6.07, 6.45) is 6.05. The monoisotopic (exact) mass is 282 g/mol. The Kier molecular flexibility index (Phi) is 6.75. The molecule has 0 aromatic heterocycles. The average molecular weight is 282 g/mol. The quantitative estimate of drug-likeness (QED) is 0.723. The molecule has 0 aliphatic carbocycles. The maximum atomic E-state index is 3.53. The third-order valence-corrected chi connectivity index (χ3v) is 4.94. The van der Waals surface area contributed by atoms with Gasteiger partial charge in [0.25, 0.3) is 0 Å². The minimum atomic E-state index is 0.649. The van der Waals surface area contributed by atoms with E-state index in [2.05, 4.69) is 41.2 Å². The van der Waals surface area contributed by atoms with E-state index in [1.807, 2.05) is 0 Å². The fourth-order valence-corrected chi connectivity index (χ4v) is 3.70. The minimum absolute atomic E-state index is 0.649. The Morgan fingerprint density at radius 1 is 0.950 bits per heavy atom. The molecule has 4 heteroatoms. The first kappa shape index (κ1) is 16.2. The van der Waals surface area contributed by atoms with E-state index in [-0.39, 0.29) is 0 Å². The zero-order valence-corrected chi connectivity index (χ0v) is 13.7. The molecule has 2 aliphatic rings.